The molecule has 0 aromatic heterocycles. The number of esters is 2. The van der Waals surface area contributed by atoms with Gasteiger partial charge in [0.25, 0.3) is 0 Å². The van der Waals surface area contributed by atoms with Crippen molar-refractivity contribution in [3.05, 3.63) is 62.7 Å². The zero-order valence-electron chi connectivity index (χ0n) is 38.7. The van der Waals surface area contributed by atoms with Gasteiger partial charge in [0.1, 0.15) is 24.0 Å². The topological polar surface area (TPSA) is 177 Å². The van der Waals surface area contributed by atoms with Crippen molar-refractivity contribution < 1.29 is 57.0 Å². The number of thioether (sulfide) groups is 1. The van der Waals surface area contributed by atoms with Crippen LogP contribution in [0.3, 0.4) is 0 Å². The number of nitrogens with one attached hydrogen (secondary N) is 1. The third-order valence-corrected chi connectivity index (χ3v) is 14.8. The second-order valence-corrected chi connectivity index (χ2v) is 19.9. The molecule has 1 spiro atoms. The van der Waals surface area contributed by atoms with Crippen LogP contribution < -0.4 is 38.5 Å². The maximum atomic E-state index is 15.2. The normalized spacial score (nSPS) is 26.5. The Bertz CT molecular complexity index is 2530. The zero-order valence-corrected chi connectivity index (χ0v) is 39.5. The Morgan fingerprint density at radius 1 is 0.969 bits per heavy atom. The first-order valence-electron chi connectivity index (χ1n) is 22.0. The number of carbonyl (C=O) groups excluding carboxylic acids is 3. The Morgan fingerprint density at radius 2 is 1.72 bits per heavy atom. The van der Waals surface area contributed by atoms with Gasteiger partial charge in [0.15, 0.2) is 40.0 Å². The molecule has 3 aromatic rings. The third-order valence-electron chi connectivity index (χ3n) is 13.3. The molecule has 1 unspecified atom stereocenters. The monoisotopic (exact) mass is 912 g/mol. The van der Waals surface area contributed by atoms with E-state index in [1.165, 1.54) is 25.8 Å². The van der Waals surface area contributed by atoms with Crippen LogP contribution in [0.15, 0.2) is 18.2 Å². The maximum absolute atomic E-state index is 15.2. The van der Waals surface area contributed by atoms with Crippen LogP contribution in [-0.4, -0.2) is 105 Å². The fourth-order valence-electron chi connectivity index (χ4n) is 10.9. The van der Waals surface area contributed by atoms with Crippen molar-refractivity contribution in [1.29, 1.82) is 5.26 Å². The number of aryl methyl sites for hydroxylation is 1. The highest BCUT2D eigenvalue weighted by Gasteiger charge is 2.62. The molecule has 16 nitrogen and oxygen atoms in total. The largest absolute Gasteiger partial charge is 0.514 e. The average molecular weight is 913 g/mol. The zero-order chi connectivity index (χ0) is 46.4. The number of fused-ring (bicyclic) bond motifs is 9. The molecule has 0 radical (unpaired) electrons. The Balaban J connectivity index is 1.28. The Morgan fingerprint density at radius 3 is 2.40 bits per heavy atom. The number of hydrogen-bond acceptors (Lipinski definition) is 17. The Hall–Kier alpha value is -5.41. The molecular weight excluding hydrogens is 857 g/mol. The van der Waals surface area contributed by atoms with Gasteiger partial charge in [-0.3, -0.25) is 19.9 Å². The van der Waals surface area contributed by atoms with Crippen molar-refractivity contribution in [2.75, 3.05) is 47.0 Å². The number of ether oxygens (including phenoxy) is 9. The van der Waals surface area contributed by atoms with Gasteiger partial charge in [-0.25, -0.2) is 9.59 Å². The molecule has 2 fully saturated rings. The summed E-state index contributed by atoms with van der Waals surface area (Å²) in [6.07, 6.45) is -0.0260. The molecule has 65 heavy (non-hydrogen) atoms. The maximum Gasteiger partial charge on any atom is 0.514 e. The van der Waals surface area contributed by atoms with Crippen LogP contribution in [0.2, 0.25) is 0 Å². The summed E-state index contributed by atoms with van der Waals surface area (Å²) >= 11 is 1.51. The lowest BCUT2D eigenvalue weighted by Crippen LogP contribution is -2.69. The van der Waals surface area contributed by atoms with Gasteiger partial charge in [0.05, 0.1) is 43.7 Å². The lowest BCUT2D eigenvalue weighted by molar-refractivity contribution is -0.157. The van der Waals surface area contributed by atoms with E-state index >= 15 is 4.79 Å². The summed E-state index contributed by atoms with van der Waals surface area (Å²) in [6, 6.07) is 5.69. The molecule has 7 aliphatic rings. The van der Waals surface area contributed by atoms with E-state index in [-0.39, 0.29) is 42.8 Å². The molecule has 4 bridgehead atoms. The van der Waals surface area contributed by atoms with Crippen molar-refractivity contribution in [2.24, 2.45) is 0 Å². The predicted octanol–water partition coefficient (Wildman–Crippen LogP) is 6.68. The number of nitriles is 1. The van der Waals surface area contributed by atoms with Gasteiger partial charge in [-0.1, -0.05) is 6.07 Å². The smallest absolute Gasteiger partial charge is 0.493 e. The molecule has 10 rings (SSSR count). The molecule has 7 aliphatic heterocycles. The molecule has 7 atom stereocenters. The van der Waals surface area contributed by atoms with Crippen LogP contribution in [0, 0.1) is 25.2 Å². The van der Waals surface area contributed by atoms with E-state index in [2.05, 4.69) is 34.3 Å². The first-order valence-corrected chi connectivity index (χ1v) is 23.0. The number of likely N-dealkylation sites (N-methyl/N-ethyl adjacent to an activating group) is 1. The molecule has 2 saturated heterocycles. The second kappa shape index (κ2) is 16.5. The van der Waals surface area contributed by atoms with E-state index in [1.54, 1.807) is 40.0 Å². The minimum Gasteiger partial charge on any atom is -0.493 e. The molecule has 3 aromatic carbocycles. The second-order valence-electron chi connectivity index (χ2n) is 18.8. The van der Waals surface area contributed by atoms with Crippen LogP contribution >= 0.6 is 11.8 Å². The highest BCUT2D eigenvalue weighted by atomic mass is 32.2. The molecule has 0 aliphatic carbocycles. The van der Waals surface area contributed by atoms with Crippen LogP contribution in [0.5, 0.6) is 40.2 Å². The number of hydrogen-bond donors (Lipinski definition) is 1. The van der Waals surface area contributed by atoms with Gasteiger partial charge in [-0.05, 0) is 103 Å². The van der Waals surface area contributed by atoms with E-state index in [0.717, 1.165) is 22.3 Å². The fourth-order valence-corrected chi connectivity index (χ4v) is 12.6. The summed E-state index contributed by atoms with van der Waals surface area (Å²) in [6.45, 7) is 14.6. The predicted molar refractivity (Wildman–Crippen MR) is 237 cm³/mol. The lowest BCUT2D eigenvalue weighted by Gasteiger charge is -2.62. The summed E-state index contributed by atoms with van der Waals surface area (Å²) in [5.41, 5.74) is 4.05. The van der Waals surface area contributed by atoms with Crippen molar-refractivity contribution in [3.63, 3.8) is 0 Å². The van der Waals surface area contributed by atoms with E-state index in [4.69, 9.17) is 42.6 Å². The van der Waals surface area contributed by atoms with Crippen LogP contribution in [0.25, 0.3) is 0 Å². The standard InChI is InChI=1S/C48H56N4O12S/c1-22(2)61-43-34-27(14-23(3)39(43)57-11)15-29-30(18-49)52-31-19-58-45(54)48(28-17-32(56-10)33(16-26(28)12-13-50-48)63-46(55)64-47(6,7)8)20-65-44(38(52)37(34)51(29)9)36-35(31)42-41(59-21-60-42)24(4)40(36)62-25(5)53/h14,16-17,22,29-31,37-38,44,50H,12-13,15,19-21H2,1-11H3/t29-,30+,31-,37-,38?,44-,48-/m1/s1. The van der Waals surface area contributed by atoms with Crippen LogP contribution in [0.1, 0.15) is 103 Å². The number of rotatable bonds is 6. The number of piperazine rings is 1. The molecule has 0 amide bonds. The van der Waals surface area contributed by atoms with Gasteiger partial charge in [-0.15, -0.1) is 11.8 Å². The molecule has 17 heteroatoms. The van der Waals surface area contributed by atoms with Gasteiger partial charge in [0, 0.05) is 53.6 Å². The lowest BCUT2D eigenvalue weighted by atomic mass is 9.71. The molecular formula is C48H56N4O12S. The van der Waals surface area contributed by atoms with Crippen molar-refractivity contribution in [3.8, 4) is 46.3 Å². The summed E-state index contributed by atoms with van der Waals surface area (Å²) in [5, 5.41) is 14.4. The molecule has 346 valence electrons. The molecule has 1 N–H and O–H groups in total. The number of methoxy groups -OCH3 is 2. The van der Waals surface area contributed by atoms with Gasteiger partial charge in [0.2, 0.25) is 6.79 Å². The number of carbonyl (C=O) groups is 3. The minimum atomic E-state index is -1.43. The summed E-state index contributed by atoms with van der Waals surface area (Å²) < 4.78 is 55.1. The van der Waals surface area contributed by atoms with Gasteiger partial charge >= 0.3 is 18.1 Å². The SMILES string of the molecule is COc1cc2c(cc1OC(=O)OC(C)(C)C)CCN[C@]21CS[C@@H]2c3c(OC(C)=O)c(C)c4c(c3[C@@H](COC1=O)N1C2[C@H]2c3c(cc(C)c(OC)c3OC(C)C)C[C@H]([C@@H]1C#N)N2C)OCO4. The number of benzene rings is 3. The van der Waals surface area contributed by atoms with Crippen molar-refractivity contribution in [1.82, 2.24) is 15.1 Å². The summed E-state index contributed by atoms with van der Waals surface area (Å²) in [7, 11) is 5.18. The minimum absolute atomic E-state index is 0.0662. The van der Waals surface area contributed by atoms with E-state index in [9.17, 15) is 14.9 Å². The first kappa shape index (κ1) is 44.8. The third kappa shape index (κ3) is 7.19. The Kier molecular flexibility index (Phi) is 11.4. The highest BCUT2D eigenvalue weighted by Crippen LogP contribution is 2.65. The molecule has 7 heterocycles. The summed E-state index contributed by atoms with van der Waals surface area (Å²) in [4.78, 5) is 45.8. The van der Waals surface area contributed by atoms with Gasteiger partial charge < -0.3 is 42.6 Å². The van der Waals surface area contributed by atoms with E-state index < -0.39 is 58.7 Å². The quantitative estimate of drug-likeness (QED) is 0.157. The van der Waals surface area contributed by atoms with Crippen LogP contribution in [0.4, 0.5) is 4.79 Å². The fraction of sp³-hybridized carbons (Fsp3) is 0.542. The Labute approximate surface area is 383 Å². The first-order chi connectivity index (χ1) is 30.9. The van der Waals surface area contributed by atoms with E-state index in [0.29, 0.717) is 70.4 Å². The van der Waals surface area contributed by atoms with Crippen molar-refractivity contribution >= 4 is 29.9 Å². The highest BCUT2D eigenvalue weighted by molar-refractivity contribution is 7.99. The van der Waals surface area contributed by atoms with Crippen molar-refractivity contribution in [2.45, 2.75) is 121 Å². The molecule has 0 saturated carbocycles. The summed E-state index contributed by atoms with van der Waals surface area (Å²) in [5.74, 6) is 1.99. The van der Waals surface area contributed by atoms with Crippen LogP contribution in [-0.2, 0) is 37.4 Å². The number of nitrogens with zero attached hydrogens (tertiary/aromatic N) is 3. The van der Waals surface area contributed by atoms with Gasteiger partial charge in [-0.2, -0.15) is 5.26 Å². The average Bonchev–Trinajstić information content (AvgIpc) is 3.73. The van der Waals surface area contributed by atoms with E-state index in [1.807, 2.05) is 27.7 Å².